The summed E-state index contributed by atoms with van der Waals surface area (Å²) in [5.41, 5.74) is 0. The van der Waals surface area contributed by atoms with Gasteiger partial charge < -0.3 is 14.8 Å². The third-order valence-electron chi connectivity index (χ3n) is 1.72. The van der Waals surface area contributed by atoms with Crippen LogP contribution in [-0.4, -0.2) is 27.1 Å². The van der Waals surface area contributed by atoms with Crippen molar-refractivity contribution < 1.29 is 9.47 Å². The number of hydrogen-bond acceptors (Lipinski definition) is 4. The molecule has 0 fully saturated rings. The van der Waals surface area contributed by atoms with Crippen LogP contribution in [0.2, 0.25) is 0 Å². The van der Waals surface area contributed by atoms with E-state index in [4.69, 9.17) is 9.47 Å². The van der Waals surface area contributed by atoms with Crippen LogP contribution in [0.3, 0.4) is 0 Å². The monoisotopic (exact) mass is 201 g/mol. The van der Waals surface area contributed by atoms with Gasteiger partial charge in [0.25, 0.3) is 0 Å². The van der Waals surface area contributed by atoms with Gasteiger partial charge in [-0.25, -0.2) is 0 Å². The lowest BCUT2D eigenvalue weighted by molar-refractivity contribution is -0.0988. The van der Waals surface area contributed by atoms with E-state index in [9.17, 15) is 0 Å². The first kappa shape index (κ1) is 10.7. The molecule has 0 bridgehead atoms. The van der Waals surface area contributed by atoms with Crippen molar-refractivity contribution in [1.82, 2.24) is 5.32 Å². The molecule has 1 heterocycles. The quantitative estimate of drug-likeness (QED) is 0.707. The number of thiophene rings is 1. The molecule has 0 radical (unpaired) electrons. The van der Waals surface area contributed by atoms with Crippen LogP contribution in [-0.2, 0) is 16.0 Å². The molecule has 0 aliphatic carbocycles. The molecule has 1 aromatic heterocycles. The highest BCUT2D eigenvalue weighted by molar-refractivity contribution is 7.09. The summed E-state index contributed by atoms with van der Waals surface area (Å²) in [5, 5.41) is 5.32. The molecule has 0 saturated carbocycles. The van der Waals surface area contributed by atoms with Crippen LogP contribution in [0.25, 0.3) is 0 Å². The highest BCUT2D eigenvalue weighted by Crippen LogP contribution is 2.07. The van der Waals surface area contributed by atoms with E-state index in [-0.39, 0.29) is 6.29 Å². The van der Waals surface area contributed by atoms with E-state index in [1.807, 2.05) is 6.07 Å². The van der Waals surface area contributed by atoms with Crippen molar-refractivity contribution in [2.75, 3.05) is 20.8 Å². The van der Waals surface area contributed by atoms with Crippen LogP contribution in [0.5, 0.6) is 0 Å². The number of ether oxygens (including phenoxy) is 2. The van der Waals surface area contributed by atoms with Gasteiger partial charge in [0.05, 0.1) is 0 Å². The van der Waals surface area contributed by atoms with E-state index in [0.29, 0.717) is 6.54 Å². The molecule has 1 N–H and O–H groups in total. The van der Waals surface area contributed by atoms with E-state index in [1.165, 1.54) is 4.88 Å². The number of hydrogen-bond donors (Lipinski definition) is 1. The van der Waals surface area contributed by atoms with Gasteiger partial charge in [0.1, 0.15) is 0 Å². The highest BCUT2D eigenvalue weighted by atomic mass is 32.1. The molecule has 0 unspecified atom stereocenters. The van der Waals surface area contributed by atoms with Gasteiger partial charge in [0.15, 0.2) is 6.29 Å². The second kappa shape index (κ2) is 6.10. The average Bonchev–Trinajstić information content (AvgIpc) is 2.65. The molecular weight excluding hydrogens is 186 g/mol. The van der Waals surface area contributed by atoms with Crippen LogP contribution >= 0.6 is 11.3 Å². The molecule has 1 aromatic rings. The molecule has 13 heavy (non-hydrogen) atoms. The first-order valence-electron chi connectivity index (χ1n) is 4.15. The zero-order chi connectivity index (χ0) is 9.52. The lowest BCUT2D eigenvalue weighted by Crippen LogP contribution is -2.29. The van der Waals surface area contributed by atoms with Crippen LogP contribution in [0.15, 0.2) is 17.5 Å². The molecule has 0 saturated heterocycles. The van der Waals surface area contributed by atoms with Gasteiger partial charge in [-0.15, -0.1) is 11.3 Å². The Kier molecular flexibility index (Phi) is 5.00. The second-order valence-corrected chi connectivity index (χ2v) is 3.64. The average molecular weight is 201 g/mol. The zero-order valence-electron chi connectivity index (χ0n) is 7.95. The summed E-state index contributed by atoms with van der Waals surface area (Å²) in [6, 6.07) is 4.15. The third-order valence-corrected chi connectivity index (χ3v) is 2.59. The second-order valence-electron chi connectivity index (χ2n) is 2.61. The minimum Gasteiger partial charge on any atom is -0.355 e. The van der Waals surface area contributed by atoms with Gasteiger partial charge in [-0.1, -0.05) is 6.07 Å². The molecule has 0 amide bonds. The fourth-order valence-electron chi connectivity index (χ4n) is 0.989. The number of methoxy groups -OCH3 is 2. The van der Waals surface area contributed by atoms with Crippen molar-refractivity contribution >= 4 is 11.3 Å². The Morgan fingerprint density at radius 2 is 2.23 bits per heavy atom. The maximum Gasteiger partial charge on any atom is 0.169 e. The molecule has 1 rings (SSSR count). The van der Waals surface area contributed by atoms with Crippen LogP contribution in [0.1, 0.15) is 4.88 Å². The summed E-state index contributed by atoms with van der Waals surface area (Å²) >= 11 is 1.75. The smallest absolute Gasteiger partial charge is 0.169 e. The Morgan fingerprint density at radius 1 is 1.46 bits per heavy atom. The van der Waals surface area contributed by atoms with Crippen molar-refractivity contribution in [2.45, 2.75) is 12.8 Å². The Balaban J connectivity index is 2.13. The normalized spacial score (nSPS) is 11.0. The van der Waals surface area contributed by atoms with E-state index in [2.05, 4.69) is 16.8 Å². The summed E-state index contributed by atoms with van der Waals surface area (Å²) in [4.78, 5) is 1.32. The molecule has 0 aliphatic heterocycles. The van der Waals surface area contributed by atoms with Crippen molar-refractivity contribution in [2.24, 2.45) is 0 Å². The van der Waals surface area contributed by atoms with Gasteiger partial charge in [-0.05, 0) is 11.4 Å². The molecular formula is C9H15NO2S. The van der Waals surface area contributed by atoms with Crippen molar-refractivity contribution in [1.29, 1.82) is 0 Å². The minimum absolute atomic E-state index is 0.153. The SMILES string of the molecule is COC(CNCc1cccs1)OC. The summed E-state index contributed by atoms with van der Waals surface area (Å²) in [7, 11) is 3.28. The summed E-state index contributed by atoms with van der Waals surface area (Å²) in [6.45, 7) is 1.59. The summed E-state index contributed by atoms with van der Waals surface area (Å²) in [6.07, 6.45) is -0.153. The zero-order valence-corrected chi connectivity index (χ0v) is 8.76. The van der Waals surface area contributed by atoms with Crippen molar-refractivity contribution in [3.05, 3.63) is 22.4 Å². The standard InChI is InChI=1S/C9H15NO2S/c1-11-9(12-2)7-10-6-8-4-3-5-13-8/h3-5,9-10H,6-7H2,1-2H3. The van der Waals surface area contributed by atoms with Gasteiger partial charge >= 0.3 is 0 Å². The third kappa shape index (κ3) is 3.87. The molecule has 0 spiro atoms. The molecule has 4 heteroatoms. The molecule has 0 aromatic carbocycles. The molecule has 74 valence electrons. The van der Waals surface area contributed by atoms with E-state index in [1.54, 1.807) is 25.6 Å². The van der Waals surface area contributed by atoms with Gasteiger partial charge in [-0.3, -0.25) is 0 Å². The Bertz CT molecular complexity index is 209. The predicted octanol–water partition coefficient (Wildman–Crippen LogP) is 1.46. The van der Waals surface area contributed by atoms with E-state index < -0.39 is 0 Å². The topological polar surface area (TPSA) is 30.5 Å². The maximum absolute atomic E-state index is 5.04. The fraction of sp³-hybridized carbons (Fsp3) is 0.556. The van der Waals surface area contributed by atoms with Crippen molar-refractivity contribution in [3.8, 4) is 0 Å². The minimum atomic E-state index is -0.153. The van der Waals surface area contributed by atoms with Crippen LogP contribution in [0, 0.1) is 0 Å². The molecule has 0 atom stereocenters. The Hall–Kier alpha value is -0.420. The summed E-state index contributed by atoms with van der Waals surface area (Å²) in [5.74, 6) is 0. The van der Waals surface area contributed by atoms with Gasteiger partial charge in [0.2, 0.25) is 0 Å². The van der Waals surface area contributed by atoms with E-state index in [0.717, 1.165) is 6.54 Å². The Morgan fingerprint density at radius 3 is 2.77 bits per heavy atom. The van der Waals surface area contributed by atoms with Gasteiger partial charge in [-0.2, -0.15) is 0 Å². The maximum atomic E-state index is 5.04. The number of rotatable bonds is 6. The molecule has 3 nitrogen and oxygen atoms in total. The predicted molar refractivity (Wildman–Crippen MR) is 53.8 cm³/mol. The van der Waals surface area contributed by atoms with Gasteiger partial charge in [0, 0.05) is 32.2 Å². The molecule has 0 aliphatic rings. The first-order chi connectivity index (χ1) is 6.36. The largest absolute Gasteiger partial charge is 0.355 e. The lowest BCUT2D eigenvalue weighted by Gasteiger charge is -2.13. The van der Waals surface area contributed by atoms with Crippen molar-refractivity contribution in [3.63, 3.8) is 0 Å². The highest BCUT2D eigenvalue weighted by Gasteiger charge is 2.03. The summed E-state index contributed by atoms with van der Waals surface area (Å²) < 4.78 is 10.1. The Labute approximate surface area is 82.7 Å². The van der Waals surface area contributed by atoms with E-state index >= 15 is 0 Å². The number of nitrogens with one attached hydrogen (secondary N) is 1. The van der Waals surface area contributed by atoms with Crippen LogP contribution < -0.4 is 5.32 Å². The first-order valence-corrected chi connectivity index (χ1v) is 5.03. The fourth-order valence-corrected chi connectivity index (χ4v) is 1.66. The lowest BCUT2D eigenvalue weighted by atomic mass is 10.4. The van der Waals surface area contributed by atoms with Crippen LogP contribution in [0.4, 0.5) is 0 Å².